The summed E-state index contributed by atoms with van der Waals surface area (Å²) in [6.07, 6.45) is 3.10. The Hall–Kier alpha value is -1.33. The Labute approximate surface area is 105 Å². The van der Waals surface area contributed by atoms with Crippen molar-refractivity contribution in [3.8, 4) is 0 Å². The summed E-state index contributed by atoms with van der Waals surface area (Å²) >= 11 is 1.79. The average Bonchev–Trinajstić information content (AvgIpc) is 2.91. The number of aromatic nitrogens is 2. The molecule has 0 aromatic carbocycles. The molecule has 0 bridgehead atoms. The molecule has 0 fully saturated rings. The van der Waals surface area contributed by atoms with Crippen LogP contribution in [0.5, 0.6) is 0 Å². The van der Waals surface area contributed by atoms with E-state index in [0.717, 1.165) is 25.0 Å². The molecule has 2 aromatic rings. The van der Waals surface area contributed by atoms with E-state index < -0.39 is 0 Å². The number of nitrogens with zero attached hydrogens (tertiary/aromatic N) is 2. The van der Waals surface area contributed by atoms with Crippen molar-refractivity contribution in [2.75, 3.05) is 12.3 Å². The van der Waals surface area contributed by atoms with Crippen LogP contribution in [0, 0.1) is 0 Å². The lowest BCUT2D eigenvalue weighted by molar-refractivity contribution is 0.270. The predicted octanol–water partition coefficient (Wildman–Crippen LogP) is 1.69. The smallest absolute Gasteiger partial charge is 0.122 e. The molecule has 5 heteroatoms. The lowest BCUT2D eigenvalue weighted by Gasteiger charge is -1.99. The Morgan fingerprint density at radius 3 is 3.00 bits per heavy atom. The second-order valence-corrected chi connectivity index (χ2v) is 4.97. The third-order valence-corrected chi connectivity index (χ3v) is 3.55. The van der Waals surface area contributed by atoms with Crippen LogP contribution in [0.4, 0.5) is 5.82 Å². The zero-order valence-corrected chi connectivity index (χ0v) is 10.5. The van der Waals surface area contributed by atoms with Gasteiger partial charge in [0.2, 0.25) is 0 Å². The molecule has 2 rings (SSSR count). The minimum atomic E-state index is 0.0700. The van der Waals surface area contributed by atoms with Crippen molar-refractivity contribution in [2.24, 2.45) is 0 Å². The molecule has 2 aromatic heterocycles. The monoisotopic (exact) mass is 251 g/mol. The van der Waals surface area contributed by atoms with E-state index in [1.54, 1.807) is 16.0 Å². The van der Waals surface area contributed by atoms with Crippen LogP contribution in [0.2, 0.25) is 0 Å². The molecule has 0 unspecified atom stereocenters. The van der Waals surface area contributed by atoms with Gasteiger partial charge in [0.05, 0.1) is 18.8 Å². The van der Waals surface area contributed by atoms with Crippen molar-refractivity contribution in [3.05, 3.63) is 34.2 Å². The van der Waals surface area contributed by atoms with Gasteiger partial charge < -0.3 is 10.8 Å². The van der Waals surface area contributed by atoms with Gasteiger partial charge in [-0.1, -0.05) is 6.07 Å². The van der Waals surface area contributed by atoms with Crippen LogP contribution in [-0.4, -0.2) is 21.5 Å². The van der Waals surface area contributed by atoms with Crippen LogP contribution >= 0.6 is 11.3 Å². The third kappa shape index (κ3) is 3.31. The van der Waals surface area contributed by atoms with Crippen LogP contribution < -0.4 is 5.73 Å². The molecule has 92 valence electrons. The number of hydrogen-bond donors (Lipinski definition) is 2. The highest BCUT2D eigenvalue weighted by Gasteiger charge is 2.04. The molecule has 0 aliphatic carbocycles. The van der Waals surface area contributed by atoms with Gasteiger partial charge in [-0.3, -0.25) is 0 Å². The van der Waals surface area contributed by atoms with Gasteiger partial charge in [0, 0.05) is 10.9 Å². The maximum Gasteiger partial charge on any atom is 0.122 e. The topological polar surface area (TPSA) is 64.1 Å². The van der Waals surface area contributed by atoms with Crippen molar-refractivity contribution >= 4 is 17.2 Å². The molecule has 0 saturated heterocycles. The Morgan fingerprint density at radius 1 is 1.41 bits per heavy atom. The molecule has 4 nitrogen and oxygen atoms in total. The largest absolute Gasteiger partial charge is 0.394 e. The summed E-state index contributed by atoms with van der Waals surface area (Å²) in [7, 11) is 0. The van der Waals surface area contributed by atoms with Gasteiger partial charge in [-0.25, -0.2) is 4.68 Å². The summed E-state index contributed by atoms with van der Waals surface area (Å²) in [5.41, 5.74) is 6.79. The molecule has 3 N–H and O–H groups in total. The van der Waals surface area contributed by atoms with E-state index in [2.05, 4.69) is 22.6 Å². The molecule has 0 aliphatic heterocycles. The molecule has 0 atom stereocenters. The molecular weight excluding hydrogens is 234 g/mol. The molecule has 0 aliphatic rings. The molecule has 17 heavy (non-hydrogen) atoms. The standard InChI is InChI=1S/C12H17N3OS/c13-12-9-10(14-15(12)6-7-16)3-1-4-11-5-2-8-17-11/h2,5,8-9,16H,1,3-4,6-7,13H2. The molecule has 0 amide bonds. The molecule has 0 radical (unpaired) electrons. The fourth-order valence-corrected chi connectivity index (χ4v) is 2.53. The van der Waals surface area contributed by atoms with Crippen LogP contribution in [0.3, 0.4) is 0 Å². The number of hydrogen-bond acceptors (Lipinski definition) is 4. The molecule has 2 heterocycles. The maximum atomic E-state index is 8.84. The van der Waals surface area contributed by atoms with Crippen molar-refractivity contribution < 1.29 is 5.11 Å². The SMILES string of the molecule is Nc1cc(CCCc2cccs2)nn1CCO. The van der Waals surface area contributed by atoms with Gasteiger partial charge in [-0.15, -0.1) is 11.3 Å². The first-order chi connectivity index (χ1) is 8.29. The highest BCUT2D eigenvalue weighted by atomic mass is 32.1. The number of anilines is 1. The quantitative estimate of drug-likeness (QED) is 0.821. The van der Waals surface area contributed by atoms with Gasteiger partial charge in [0.15, 0.2) is 0 Å². The van der Waals surface area contributed by atoms with E-state index in [9.17, 15) is 0 Å². The first-order valence-electron chi connectivity index (χ1n) is 5.75. The van der Waals surface area contributed by atoms with Crippen molar-refractivity contribution in [1.82, 2.24) is 9.78 Å². The highest BCUT2D eigenvalue weighted by Crippen LogP contribution is 2.14. The fourth-order valence-electron chi connectivity index (χ4n) is 1.78. The van der Waals surface area contributed by atoms with Gasteiger partial charge in [0.1, 0.15) is 5.82 Å². The lowest BCUT2D eigenvalue weighted by atomic mass is 10.2. The fraction of sp³-hybridized carbons (Fsp3) is 0.417. The number of aryl methyl sites for hydroxylation is 2. The minimum absolute atomic E-state index is 0.0700. The van der Waals surface area contributed by atoms with E-state index in [1.165, 1.54) is 4.88 Å². The zero-order valence-electron chi connectivity index (χ0n) is 9.67. The average molecular weight is 251 g/mol. The Balaban J connectivity index is 1.84. The Kier molecular flexibility index (Phi) is 4.17. The number of rotatable bonds is 6. The maximum absolute atomic E-state index is 8.84. The summed E-state index contributed by atoms with van der Waals surface area (Å²) in [4.78, 5) is 1.41. The third-order valence-electron chi connectivity index (χ3n) is 2.61. The Morgan fingerprint density at radius 2 is 2.29 bits per heavy atom. The second-order valence-electron chi connectivity index (χ2n) is 3.94. The van der Waals surface area contributed by atoms with E-state index in [-0.39, 0.29) is 6.61 Å². The van der Waals surface area contributed by atoms with E-state index in [4.69, 9.17) is 10.8 Å². The normalized spacial score (nSPS) is 10.9. The summed E-state index contributed by atoms with van der Waals surface area (Å²) in [6.45, 7) is 0.539. The highest BCUT2D eigenvalue weighted by molar-refractivity contribution is 7.09. The van der Waals surface area contributed by atoms with Gasteiger partial charge in [-0.05, 0) is 30.7 Å². The van der Waals surface area contributed by atoms with Gasteiger partial charge in [0.25, 0.3) is 0 Å². The van der Waals surface area contributed by atoms with Crippen molar-refractivity contribution in [1.29, 1.82) is 0 Å². The van der Waals surface area contributed by atoms with E-state index in [1.807, 2.05) is 6.07 Å². The lowest BCUT2D eigenvalue weighted by Crippen LogP contribution is -2.07. The number of nitrogens with two attached hydrogens (primary N) is 1. The number of aliphatic hydroxyl groups is 1. The minimum Gasteiger partial charge on any atom is -0.394 e. The number of nitrogen functional groups attached to an aromatic ring is 1. The molecule has 0 saturated carbocycles. The summed E-state index contributed by atoms with van der Waals surface area (Å²) < 4.78 is 1.65. The van der Waals surface area contributed by atoms with E-state index in [0.29, 0.717) is 12.4 Å². The van der Waals surface area contributed by atoms with Crippen molar-refractivity contribution in [2.45, 2.75) is 25.8 Å². The van der Waals surface area contributed by atoms with Crippen molar-refractivity contribution in [3.63, 3.8) is 0 Å². The van der Waals surface area contributed by atoms with Crippen LogP contribution in [-0.2, 0) is 19.4 Å². The molecule has 0 spiro atoms. The van der Waals surface area contributed by atoms with Crippen LogP contribution in [0.1, 0.15) is 17.0 Å². The van der Waals surface area contributed by atoms with E-state index >= 15 is 0 Å². The van der Waals surface area contributed by atoms with Crippen LogP contribution in [0.15, 0.2) is 23.6 Å². The summed E-state index contributed by atoms with van der Waals surface area (Å²) in [5, 5.41) is 15.3. The van der Waals surface area contributed by atoms with Gasteiger partial charge in [-0.2, -0.15) is 5.10 Å². The van der Waals surface area contributed by atoms with Gasteiger partial charge >= 0.3 is 0 Å². The second kappa shape index (κ2) is 5.84. The molecular formula is C12H17N3OS. The van der Waals surface area contributed by atoms with Crippen LogP contribution in [0.25, 0.3) is 0 Å². The first-order valence-corrected chi connectivity index (χ1v) is 6.63. The summed E-state index contributed by atoms with van der Waals surface area (Å²) in [5.74, 6) is 0.630. The number of thiophene rings is 1. The Bertz CT molecular complexity index is 450. The summed E-state index contributed by atoms with van der Waals surface area (Å²) in [6, 6.07) is 6.13. The zero-order chi connectivity index (χ0) is 12.1. The predicted molar refractivity (Wildman–Crippen MR) is 70.1 cm³/mol. The first kappa shape index (κ1) is 12.1. The number of aliphatic hydroxyl groups excluding tert-OH is 1.